The highest BCUT2D eigenvalue weighted by atomic mass is 31.2. The van der Waals surface area contributed by atoms with E-state index in [9.17, 15) is 9.36 Å². The van der Waals surface area contributed by atoms with E-state index in [1.165, 1.54) is 6.20 Å². The Balaban J connectivity index is 1.81. The topological polar surface area (TPSA) is 135 Å². The van der Waals surface area contributed by atoms with Crippen molar-refractivity contribution in [3.05, 3.63) is 12.3 Å². The molecular weight excluding hydrogens is 399 g/mol. The molecule has 2 rings (SSSR count). The number of nitrogens with two attached hydrogens (primary N) is 1. The van der Waals surface area contributed by atoms with Crippen molar-refractivity contribution < 1.29 is 28.1 Å². The molecule has 11 heteroatoms. The molecule has 1 aromatic rings. The van der Waals surface area contributed by atoms with Crippen LogP contribution in [-0.4, -0.2) is 54.3 Å². The van der Waals surface area contributed by atoms with E-state index in [0.717, 1.165) is 19.3 Å². The molecule has 2 heterocycles. The lowest BCUT2D eigenvalue weighted by atomic mass is 10.1. The number of nitrogens with zero attached hydrogens (tertiary/aromatic N) is 2. The van der Waals surface area contributed by atoms with Gasteiger partial charge in [0.15, 0.2) is 0 Å². The van der Waals surface area contributed by atoms with Crippen molar-refractivity contribution in [2.45, 2.75) is 52.2 Å². The minimum atomic E-state index is -3.34. The summed E-state index contributed by atoms with van der Waals surface area (Å²) >= 11 is 0. The molecular formula is C18H31N4O6P. The number of nitrogens with one attached hydrogen (secondary N) is 1. The van der Waals surface area contributed by atoms with E-state index < -0.39 is 25.6 Å². The van der Waals surface area contributed by atoms with E-state index in [2.05, 4.69) is 22.0 Å². The van der Waals surface area contributed by atoms with Crippen LogP contribution in [0.2, 0.25) is 0 Å². The second kappa shape index (κ2) is 11.4. The fourth-order valence-electron chi connectivity index (χ4n) is 2.55. The molecule has 164 valence electrons. The monoisotopic (exact) mass is 430 g/mol. The molecule has 1 fully saturated rings. The van der Waals surface area contributed by atoms with Crippen LogP contribution in [0, 0.1) is 5.92 Å². The van der Waals surface area contributed by atoms with Crippen molar-refractivity contribution >= 4 is 19.3 Å². The van der Waals surface area contributed by atoms with Crippen LogP contribution in [0.4, 0.5) is 5.82 Å². The molecule has 0 spiro atoms. The van der Waals surface area contributed by atoms with Crippen LogP contribution in [0.5, 0.6) is 6.01 Å². The lowest BCUT2D eigenvalue weighted by Gasteiger charge is -2.32. The van der Waals surface area contributed by atoms with Crippen molar-refractivity contribution in [2.24, 2.45) is 5.92 Å². The van der Waals surface area contributed by atoms with E-state index in [0.29, 0.717) is 12.4 Å². The van der Waals surface area contributed by atoms with Crippen molar-refractivity contribution in [3.63, 3.8) is 0 Å². The number of hydrogen-bond donors (Lipinski definition) is 2. The third kappa shape index (κ3) is 7.89. The molecule has 1 aromatic heterocycles. The van der Waals surface area contributed by atoms with Crippen LogP contribution < -0.4 is 15.6 Å². The summed E-state index contributed by atoms with van der Waals surface area (Å²) < 4.78 is 34.8. The largest absolute Gasteiger partial charge is 0.465 e. The number of carbonyl (C=O) groups is 1. The van der Waals surface area contributed by atoms with Crippen molar-refractivity contribution in [3.8, 4) is 6.01 Å². The Labute approximate surface area is 171 Å². The molecule has 1 unspecified atom stereocenters. The van der Waals surface area contributed by atoms with E-state index in [4.69, 9.17) is 24.5 Å². The predicted octanol–water partition coefficient (Wildman–Crippen LogP) is 2.35. The summed E-state index contributed by atoms with van der Waals surface area (Å²) in [5, 5.41) is 2.83. The number of hydrogen-bond acceptors (Lipinski definition) is 9. The Kier molecular flexibility index (Phi) is 9.29. The van der Waals surface area contributed by atoms with Gasteiger partial charge >= 0.3 is 12.0 Å². The van der Waals surface area contributed by atoms with Gasteiger partial charge < -0.3 is 24.5 Å². The van der Waals surface area contributed by atoms with Crippen molar-refractivity contribution in [1.29, 1.82) is 0 Å². The van der Waals surface area contributed by atoms with Gasteiger partial charge in [0.2, 0.25) is 0 Å². The first-order chi connectivity index (χ1) is 13.8. The Morgan fingerprint density at radius 2 is 2.24 bits per heavy atom. The molecule has 10 nitrogen and oxygen atoms in total. The molecule has 3 N–H and O–H groups in total. The van der Waals surface area contributed by atoms with Crippen molar-refractivity contribution in [1.82, 2.24) is 15.1 Å². The van der Waals surface area contributed by atoms with Crippen LogP contribution >= 0.6 is 7.52 Å². The van der Waals surface area contributed by atoms with Gasteiger partial charge in [-0.1, -0.05) is 33.6 Å². The molecule has 1 aliphatic rings. The zero-order valence-corrected chi connectivity index (χ0v) is 18.1. The summed E-state index contributed by atoms with van der Waals surface area (Å²) in [6.07, 6.45) is 3.71. The van der Waals surface area contributed by atoms with Gasteiger partial charge in [0.25, 0.3) is 7.52 Å². The van der Waals surface area contributed by atoms with Gasteiger partial charge in [0.1, 0.15) is 30.9 Å². The van der Waals surface area contributed by atoms with Crippen LogP contribution in [0.15, 0.2) is 12.3 Å². The average molecular weight is 430 g/mol. The SMILES string of the molecule is CCCCCOC(=O)[C@@H](NP1(=O)CO[C@H](COc2nccc(N)n2)CO1)C(C)C. The molecule has 3 atom stereocenters. The number of esters is 1. The highest BCUT2D eigenvalue weighted by Crippen LogP contribution is 2.46. The van der Waals surface area contributed by atoms with E-state index in [1.54, 1.807) is 6.07 Å². The number of aromatic nitrogens is 2. The first-order valence-corrected chi connectivity index (χ1v) is 11.6. The normalized spacial score (nSPS) is 23.0. The molecule has 29 heavy (non-hydrogen) atoms. The molecule has 0 saturated carbocycles. The van der Waals surface area contributed by atoms with Crippen LogP contribution in [0.1, 0.15) is 40.0 Å². The van der Waals surface area contributed by atoms with Gasteiger partial charge in [-0.3, -0.25) is 9.36 Å². The molecule has 0 bridgehead atoms. The third-order valence-corrected chi connectivity index (χ3v) is 5.98. The van der Waals surface area contributed by atoms with E-state index in [-0.39, 0.29) is 31.5 Å². The standard InChI is InChI=1S/C18H31N4O6P/c1-4-5-6-9-25-17(23)16(13(2)3)22-29(24)12-27-14(11-28-29)10-26-18-20-8-7-15(19)21-18/h7-8,13-14,16H,4-6,9-12H2,1-3H3,(H,22,24)(H2,19,20,21)/t14-,16+,29?/m1/s1. The molecule has 0 radical (unpaired) electrons. The number of rotatable bonds is 11. The Morgan fingerprint density at radius 1 is 1.45 bits per heavy atom. The second-order valence-corrected chi connectivity index (χ2v) is 9.31. The minimum absolute atomic E-state index is 0.0446. The van der Waals surface area contributed by atoms with Gasteiger partial charge in [-0.2, -0.15) is 4.98 Å². The lowest BCUT2D eigenvalue weighted by Crippen LogP contribution is -2.44. The summed E-state index contributed by atoms with van der Waals surface area (Å²) in [5.41, 5.74) is 5.57. The van der Waals surface area contributed by atoms with E-state index >= 15 is 0 Å². The number of unbranched alkanes of at least 4 members (excludes halogenated alkanes) is 2. The van der Waals surface area contributed by atoms with E-state index in [1.807, 2.05) is 13.8 Å². The van der Waals surface area contributed by atoms with Gasteiger partial charge in [-0.25, -0.2) is 10.1 Å². The second-order valence-electron chi connectivity index (χ2n) is 7.19. The maximum absolute atomic E-state index is 12.9. The van der Waals surface area contributed by atoms with Gasteiger partial charge in [-0.05, 0) is 18.4 Å². The highest BCUT2D eigenvalue weighted by molar-refractivity contribution is 7.56. The fourth-order valence-corrected chi connectivity index (χ4v) is 4.42. The molecule has 1 aliphatic heterocycles. The molecule has 0 aliphatic carbocycles. The van der Waals surface area contributed by atoms with Gasteiger partial charge in [0.05, 0.1) is 13.2 Å². The van der Waals surface area contributed by atoms with Gasteiger partial charge in [0, 0.05) is 6.20 Å². The Morgan fingerprint density at radius 3 is 2.86 bits per heavy atom. The first kappa shape index (κ1) is 23.5. The fraction of sp³-hybridized carbons (Fsp3) is 0.722. The minimum Gasteiger partial charge on any atom is -0.465 e. The van der Waals surface area contributed by atoms with Crippen LogP contribution in [0.25, 0.3) is 0 Å². The quantitative estimate of drug-likeness (QED) is 0.306. The predicted molar refractivity (Wildman–Crippen MR) is 107 cm³/mol. The lowest BCUT2D eigenvalue weighted by molar-refractivity contribution is -0.147. The average Bonchev–Trinajstić information content (AvgIpc) is 2.69. The number of anilines is 1. The van der Waals surface area contributed by atoms with Crippen LogP contribution in [0.3, 0.4) is 0 Å². The van der Waals surface area contributed by atoms with Crippen LogP contribution in [-0.2, 0) is 23.4 Å². The summed E-state index contributed by atoms with van der Waals surface area (Å²) in [6.45, 7) is 6.30. The Hall–Kier alpha value is -1.74. The highest BCUT2D eigenvalue weighted by Gasteiger charge is 2.38. The zero-order valence-electron chi connectivity index (χ0n) is 17.2. The third-order valence-electron chi connectivity index (χ3n) is 4.25. The Bertz CT molecular complexity index is 693. The van der Waals surface area contributed by atoms with Crippen molar-refractivity contribution in [2.75, 3.05) is 31.9 Å². The summed E-state index contributed by atoms with van der Waals surface area (Å²) in [5.74, 6) is -0.255. The number of ether oxygens (including phenoxy) is 3. The number of nitrogen functional groups attached to an aromatic ring is 1. The molecule has 0 aromatic carbocycles. The summed E-state index contributed by atoms with van der Waals surface area (Å²) in [4.78, 5) is 20.2. The molecule has 0 amide bonds. The number of carbonyl (C=O) groups excluding carboxylic acids is 1. The maximum atomic E-state index is 12.9. The molecule has 1 saturated heterocycles. The van der Waals surface area contributed by atoms with Gasteiger partial charge in [-0.15, -0.1) is 0 Å². The summed E-state index contributed by atoms with van der Waals surface area (Å²) in [7, 11) is -3.34. The zero-order chi connectivity index (χ0) is 21.3. The summed E-state index contributed by atoms with van der Waals surface area (Å²) in [6, 6.07) is 0.945. The maximum Gasteiger partial charge on any atom is 0.323 e. The first-order valence-electron chi connectivity index (χ1n) is 9.84. The smallest absolute Gasteiger partial charge is 0.323 e.